The number of aryl methyl sites for hydroxylation is 6. The summed E-state index contributed by atoms with van der Waals surface area (Å²) in [5.74, 6) is 2.31. The Kier molecular flexibility index (Phi) is 7.93. The molecule has 10 aromatic rings. The number of hydrogen-bond donors (Lipinski definition) is 0. The average molecular weight is 742 g/mol. The SMILES string of the molecule is Cc1cccc(C)c1-n1c(-c2cc(-c3nc4cccnc4n3-c3c(C)cccc3C)cc(-c3nc4cccnc4n3-c3c(C)cccc3C)c2)nc2cccnc21. The number of hydrogen-bond acceptors (Lipinski definition) is 6. The fraction of sp³-hybridized carbons (Fsp3) is 0.125. The number of fused-ring (bicyclic) bond motifs is 3. The van der Waals surface area contributed by atoms with E-state index in [1.54, 1.807) is 0 Å². The molecule has 276 valence electrons. The largest absolute Gasteiger partial charge is 0.276 e. The van der Waals surface area contributed by atoms with Crippen molar-refractivity contribution >= 4 is 33.5 Å². The summed E-state index contributed by atoms with van der Waals surface area (Å²) in [6.07, 6.45) is 5.50. The molecule has 4 aromatic carbocycles. The van der Waals surface area contributed by atoms with Gasteiger partial charge >= 0.3 is 0 Å². The van der Waals surface area contributed by atoms with Gasteiger partial charge in [0.25, 0.3) is 0 Å². The Labute approximate surface area is 330 Å². The summed E-state index contributed by atoms with van der Waals surface area (Å²) >= 11 is 0. The van der Waals surface area contributed by atoms with Gasteiger partial charge in [-0.2, -0.15) is 0 Å². The van der Waals surface area contributed by atoms with Crippen LogP contribution in [0, 0.1) is 41.5 Å². The molecular formula is C48H39N9. The Bertz CT molecular complexity index is 2800. The molecule has 0 spiro atoms. The van der Waals surface area contributed by atoms with E-state index < -0.39 is 0 Å². The van der Waals surface area contributed by atoms with Crippen molar-refractivity contribution in [3.63, 3.8) is 0 Å². The molecule has 0 aliphatic rings. The van der Waals surface area contributed by atoms with E-state index in [9.17, 15) is 0 Å². The molecule has 9 heteroatoms. The topological polar surface area (TPSA) is 92.1 Å². The predicted molar refractivity (Wildman–Crippen MR) is 228 cm³/mol. The Morgan fingerprint density at radius 2 is 0.596 bits per heavy atom. The summed E-state index contributed by atoms with van der Waals surface area (Å²) in [7, 11) is 0. The fourth-order valence-electron chi connectivity index (χ4n) is 8.44. The van der Waals surface area contributed by atoms with E-state index in [2.05, 4.69) is 128 Å². The van der Waals surface area contributed by atoms with Crippen LogP contribution in [0.4, 0.5) is 0 Å². The van der Waals surface area contributed by atoms with Crippen molar-refractivity contribution in [2.24, 2.45) is 0 Å². The first kappa shape index (κ1) is 34.2. The molecule has 0 fully saturated rings. The highest BCUT2D eigenvalue weighted by Gasteiger charge is 2.25. The van der Waals surface area contributed by atoms with Crippen LogP contribution in [0.3, 0.4) is 0 Å². The Balaban J connectivity index is 1.35. The summed E-state index contributed by atoms with van der Waals surface area (Å²) in [4.78, 5) is 30.7. The zero-order chi connectivity index (χ0) is 38.9. The molecule has 0 unspecified atom stereocenters. The zero-order valence-corrected chi connectivity index (χ0v) is 32.6. The third-order valence-corrected chi connectivity index (χ3v) is 10.9. The van der Waals surface area contributed by atoms with Crippen molar-refractivity contribution < 1.29 is 0 Å². The van der Waals surface area contributed by atoms with E-state index in [-0.39, 0.29) is 0 Å². The van der Waals surface area contributed by atoms with Gasteiger partial charge in [-0.1, -0.05) is 54.6 Å². The summed E-state index contributed by atoms with van der Waals surface area (Å²) in [5, 5.41) is 0. The lowest BCUT2D eigenvalue weighted by atomic mass is 10.0. The number of para-hydroxylation sites is 3. The Hall–Kier alpha value is -7.26. The number of nitrogens with zero attached hydrogens (tertiary/aromatic N) is 9. The minimum Gasteiger partial charge on any atom is -0.276 e. The molecule has 0 saturated carbocycles. The zero-order valence-electron chi connectivity index (χ0n) is 32.6. The number of rotatable bonds is 6. The van der Waals surface area contributed by atoms with Gasteiger partial charge in [0.05, 0.1) is 17.1 Å². The van der Waals surface area contributed by atoms with Gasteiger partial charge in [0.2, 0.25) is 0 Å². The molecule has 0 amide bonds. The molecule has 0 aliphatic carbocycles. The van der Waals surface area contributed by atoms with Crippen LogP contribution in [0.15, 0.2) is 128 Å². The molecule has 0 N–H and O–H groups in total. The quantitative estimate of drug-likeness (QED) is 0.168. The third-order valence-electron chi connectivity index (χ3n) is 10.9. The summed E-state index contributed by atoms with van der Waals surface area (Å²) < 4.78 is 6.61. The first-order chi connectivity index (χ1) is 27.8. The van der Waals surface area contributed by atoms with E-state index >= 15 is 0 Å². The van der Waals surface area contributed by atoms with Gasteiger partial charge in [-0.3, -0.25) is 13.7 Å². The third kappa shape index (κ3) is 5.45. The summed E-state index contributed by atoms with van der Waals surface area (Å²) in [6, 6.07) is 37.6. The van der Waals surface area contributed by atoms with Gasteiger partial charge in [-0.05, 0) is 130 Å². The van der Waals surface area contributed by atoms with Gasteiger partial charge in [-0.15, -0.1) is 0 Å². The molecule has 0 bridgehead atoms. The molecule has 0 aliphatic heterocycles. The highest BCUT2D eigenvalue weighted by atomic mass is 15.2. The molecule has 6 heterocycles. The lowest BCUT2D eigenvalue weighted by Crippen LogP contribution is -2.06. The van der Waals surface area contributed by atoms with Crippen molar-refractivity contribution in [1.29, 1.82) is 0 Å². The van der Waals surface area contributed by atoms with Crippen LogP contribution >= 0.6 is 0 Å². The lowest BCUT2D eigenvalue weighted by molar-refractivity contribution is 1.03. The molecule has 10 rings (SSSR count). The molecule has 0 radical (unpaired) electrons. The highest BCUT2D eigenvalue weighted by molar-refractivity contribution is 5.89. The Morgan fingerprint density at radius 3 is 0.860 bits per heavy atom. The van der Waals surface area contributed by atoms with Gasteiger partial charge < -0.3 is 0 Å². The van der Waals surface area contributed by atoms with Gasteiger partial charge in [0.1, 0.15) is 34.0 Å². The van der Waals surface area contributed by atoms with Crippen LogP contribution in [-0.2, 0) is 0 Å². The second kappa shape index (κ2) is 13.2. The molecular weight excluding hydrogens is 703 g/mol. The minimum absolute atomic E-state index is 0.768. The van der Waals surface area contributed by atoms with Crippen LogP contribution in [-0.4, -0.2) is 43.6 Å². The molecule has 0 saturated heterocycles. The first-order valence-electron chi connectivity index (χ1n) is 19.1. The molecule has 57 heavy (non-hydrogen) atoms. The van der Waals surface area contributed by atoms with Crippen LogP contribution in [0.1, 0.15) is 33.4 Å². The van der Waals surface area contributed by atoms with Crippen molar-refractivity contribution in [2.75, 3.05) is 0 Å². The molecule has 6 aromatic heterocycles. The average Bonchev–Trinajstić information content (AvgIpc) is 3.90. The standard InChI is InChI=1S/C48H39N9/c1-28-13-7-14-29(2)40(28)55-43(52-37-19-10-22-49-46(37)55)34-25-35(44-53-38-20-11-23-50-47(38)56(44)41-30(3)15-8-16-31(41)4)27-36(26-34)45-54-39-21-12-24-51-48(39)57(45)42-32(5)17-9-18-33(42)6/h7-27H,1-6H3. The fourth-order valence-corrected chi connectivity index (χ4v) is 8.44. The highest BCUT2D eigenvalue weighted by Crippen LogP contribution is 2.40. The summed E-state index contributed by atoms with van der Waals surface area (Å²) in [6.45, 7) is 12.8. The smallest absolute Gasteiger partial charge is 0.164 e. The number of imidazole rings is 3. The van der Waals surface area contributed by atoms with E-state index in [0.29, 0.717) is 0 Å². The monoisotopic (exact) mass is 741 g/mol. The van der Waals surface area contributed by atoms with Crippen molar-refractivity contribution in [2.45, 2.75) is 41.5 Å². The Morgan fingerprint density at radius 1 is 0.333 bits per heavy atom. The van der Waals surface area contributed by atoms with Crippen molar-refractivity contribution in [1.82, 2.24) is 43.6 Å². The second-order valence-corrected chi connectivity index (χ2v) is 14.9. The lowest BCUT2D eigenvalue weighted by Gasteiger charge is -2.18. The normalized spacial score (nSPS) is 11.7. The maximum Gasteiger partial charge on any atom is 0.164 e. The number of aromatic nitrogens is 9. The molecule has 0 atom stereocenters. The van der Waals surface area contributed by atoms with Crippen LogP contribution in [0.25, 0.3) is 84.7 Å². The van der Waals surface area contributed by atoms with E-state index in [4.69, 9.17) is 29.9 Å². The van der Waals surface area contributed by atoms with E-state index in [1.807, 2.05) is 55.0 Å². The maximum atomic E-state index is 5.34. The first-order valence-corrected chi connectivity index (χ1v) is 19.1. The summed E-state index contributed by atoms with van der Waals surface area (Å²) in [5.41, 5.74) is 17.4. The van der Waals surface area contributed by atoms with Crippen molar-refractivity contribution in [3.05, 3.63) is 161 Å². The maximum absolute atomic E-state index is 5.34. The van der Waals surface area contributed by atoms with Crippen LogP contribution in [0.5, 0.6) is 0 Å². The van der Waals surface area contributed by atoms with Crippen LogP contribution in [0.2, 0.25) is 0 Å². The predicted octanol–water partition coefficient (Wildman–Crippen LogP) is 10.7. The van der Waals surface area contributed by atoms with Gasteiger partial charge in [0.15, 0.2) is 16.9 Å². The van der Waals surface area contributed by atoms with Crippen LogP contribution < -0.4 is 0 Å². The van der Waals surface area contributed by atoms with Gasteiger partial charge in [-0.25, -0.2) is 29.9 Å². The van der Waals surface area contributed by atoms with Gasteiger partial charge in [0, 0.05) is 35.3 Å². The number of benzene rings is 4. The van der Waals surface area contributed by atoms with E-state index in [1.165, 1.54) is 0 Å². The second-order valence-electron chi connectivity index (χ2n) is 14.9. The van der Waals surface area contributed by atoms with Crippen molar-refractivity contribution in [3.8, 4) is 51.2 Å². The van der Waals surface area contributed by atoms with E-state index in [0.717, 1.165) is 118 Å². The molecule has 9 nitrogen and oxygen atoms in total. The number of pyridine rings is 3. The minimum atomic E-state index is 0.768.